The number of aryl methyl sites for hydroxylation is 1. The van der Waals surface area contributed by atoms with Crippen LogP contribution in [0, 0.1) is 18.2 Å². The van der Waals surface area contributed by atoms with Gasteiger partial charge in [-0.2, -0.15) is 0 Å². The van der Waals surface area contributed by atoms with Crippen molar-refractivity contribution >= 4 is 0 Å². The summed E-state index contributed by atoms with van der Waals surface area (Å²) in [5, 5.41) is 3.52. The molecule has 0 radical (unpaired) electrons. The fraction of sp³-hybridized carbons (Fsp3) is 0.647. The number of benzene rings is 1. The highest BCUT2D eigenvalue weighted by molar-refractivity contribution is 5.27. The van der Waals surface area contributed by atoms with E-state index in [1.54, 1.807) is 6.07 Å². The van der Waals surface area contributed by atoms with Crippen LogP contribution in [0.3, 0.4) is 0 Å². The van der Waals surface area contributed by atoms with Crippen molar-refractivity contribution in [1.82, 2.24) is 5.32 Å². The molecule has 2 heteroatoms. The minimum atomic E-state index is -0.135. The normalized spacial score (nSPS) is 12.8. The Labute approximate surface area is 117 Å². The second-order valence-electron chi connectivity index (χ2n) is 7.34. The van der Waals surface area contributed by atoms with Crippen LogP contribution >= 0.6 is 0 Å². The molecule has 0 aliphatic carbocycles. The first-order valence-electron chi connectivity index (χ1n) is 7.09. The molecule has 1 aromatic carbocycles. The first kappa shape index (κ1) is 16.2. The van der Waals surface area contributed by atoms with Gasteiger partial charge >= 0.3 is 0 Å². The molecule has 0 amide bonds. The maximum Gasteiger partial charge on any atom is 0.123 e. The summed E-state index contributed by atoms with van der Waals surface area (Å²) >= 11 is 0. The van der Waals surface area contributed by atoms with Gasteiger partial charge in [-0.3, -0.25) is 0 Å². The molecule has 19 heavy (non-hydrogen) atoms. The summed E-state index contributed by atoms with van der Waals surface area (Å²) in [5.41, 5.74) is 2.64. The van der Waals surface area contributed by atoms with Crippen LogP contribution in [0.15, 0.2) is 18.2 Å². The van der Waals surface area contributed by atoms with Crippen molar-refractivity contribution in [2.45, 2.75) is 59.9 Å². The first-order chi connectivity index (χ1) is 8.59. The zero-order valence-corrected chi connectivity index (χ0v) is 13.2. The van der Waals surface area contributed by atoms with E-state index in [1.807, 2.05) is 6.07 Å². The fourth-order valence-electron chi connectivity index (χ4n) is 2.21. The molecule has 1 nitrogen and oxygen atoms in total. The van der Waals surface area contributed by atoms with E-state index in [0.717, 1.165) is 24.9 Å². The van der Waals surface area contributed by atoms with E-state index in [-0.39, 0.29) is 16.8 Å². The van der Waals surface area contributed by atoms with Crippen LogP contribution in [0.5, 0.6) is 0 Å². The van der Waals surface area contributed by atoms with Gasteiger partial charge in [0.25, 0.3) is 0 Å². The average molecular weight is 265 g/mol. The first-order valence-corrected chi connectivity index (χ1v) is 7.09. The lowest BCUT2D eigenvalue weighted by Gasteiger charge is -2.28. The highest BCUT2D eigenvalue weighted by atomic mass is 19.1. The monoisotopic (exact) mass is 265 g/mol. The fourth-order valence-corrected chi connectivity index (χ4v) is 2.21. The number of hydrogen-bond acceptors (Lipinski definition) is 1. The zero-order valence-electron chi connectivity index (χ0n) is 13.2. The van der Waals surface area contributed by atoms with E-state index in [4.69, 9.17) is 0 Å². The van der Waals surface area contributed by atoms with Gasteiger partial charge < -0.3 is 5.32 Å². The van der Waals surface area contributed by atoms with Crippen molar-refractivity contribution in [3.8, 4) is 0 Å². The zero-order chi connectivity index (χ0) is 14.7. The summed E-state index contributed by atoms with van der Waals surface area (Å²) in [6, 6.07) is 5.08. The van der Waals surface area contributed by atoms with Crippen molar-refractivity contribution < 1.29 is 4.39 Å². The van der Waals surface area contributed by atoms with Crippen molar-refractivity contribution in [3.63, 3.8) is 0 Å². The third kappa shape index (κ3) is 6.20. The van der Waals surface area contributed by atoms with E-state index < -0.39 is 0 Å². The summed E-state index contributed by atoms with van der Waals surface area (Å²) in [6.07, 6.45) is 2.00. The van der Waals surface area contributed by atoms with E-state index in [1.165, 1.54) is 11.6 Å². The number of hydrogen-bond donors (Lipinski definition) is 1. The molecule has 1 N–H and O–H groups in total. The van der Waals surface area contributed by atoms with E-state index in [2.05, 4.69) is 46.9 Å². The summed E-state index contributed by atoms with van der Waals surface area (Å²) in [4.78, 5) is 0. The van der Waals surface area contributed by atoms with Crippen molar-refractivity contribution in [2.75, 3.05) is 6.54 Å². The molecule has 0 aliphatic rings. The predicted molar refractivity (Wildman–Crippen MR) is 81.0 cm³/mol. The van der Waals surface area contributed by atoms with E-state index >= 15 is 0 Å². The molecule has 0 aliphatic heterocycles. The maximum absolute atomic E-state index is 13.3. The SMILES string of the molecule is Cc1ccc(F)cc1CC(C)(C)CCNC(C)(C)C. The van der Waals surface area contributed by atoms with Gasteiger partial charge in [-0.05, 0) is 75.8 Å². The molecule has 0 spiro atoms. The van der Waals surface area contributed by atoms with Crippen LogP contribution < -0.4 is 5.32 Å². The van der Waals surface area contributed by atoms with Crippen molar-refractivity contribution in [3.05, 3.63) is 35.1 Å². The van der Waals surface area contributed by atoms with Gasteiger partial charge in [-0.1, -0.05) is 19.9 Å². The minimum absolute atomic E-state index is 0.135. The Morgan fingerprint density at radius 3 is 2.32 bits per heavy atom. The second kappa shape index (κ2) is 6.04. The molecule has 0 aromatic heterocycles. The highest BCUT2D eigenvalue weighted by Crippen LogP contribution is 2.27. The molecular weight excluding hydrogens is 237 g/mol. The Morgan fingerprint density at radius 1 is 1.11 bits per heavy atom. The van der Waals surface area contributed by atoms with Crippen LogP contribution in [0.1, 0.15) is 52.2 Å². The van der Waals surface area contributed by atoms with Gasteiger partial charge in [-0.25, -0.2) is 4.39 Å². The Hall–Kier alpha value is -0.890. The largest absolute Gasteiger partial charge is 0.312 e. The summed E-state index contributed by atoms with van der Waals surface area (Å²) < 4.78 is 13.3. The van der Waals surface area contributed by atoms with Crippen LogP contribution in [0.2, 0.25) is 0 Å². The third-order valence-electron chi connectivity index (χ3n) is 3.44. The smallest absolute Gasteiger partial charge is 0.123 e. The highest BCUT2D eigenvalue weighted by Gasteiger charge is 2.20. The van der Waals surface area contributed by atoms with Crippen molar-refractivity contribution in [1.29, 1.82) is 0 Å². The molecule has 0 unspecified atom stereocenters. The van der Waals surface area contributed by atoms with Crippen LogP contribution in [-0.2, 0) is 6.42 Å². The topological polar surface area (TPSA) is 12.0 Å². The molecule has 108 valence electrons. The average Bonchev–Trinajstić information content (AvgIpc) is 2.20. The Balaban J connectivity index is 2.61. The number of nitrogens with one attached hydrogen (secondary N) is 1. The van der Waals surface area contributed by atoms with Gasteiger partial charge in [0.15, 0.2) is 0 Å². The van der Waals surface area contributed by atoms with Gasteiger partial charge in [0.1, 0.15) is 5.82 Å². The molecule has 0 bridgehead atoms. The maximum atomic E-state index is 13.3. The van der Waals surface area contributed by atoms with Crippen LogP contribution in [-0.4, -0.2) is 12.1 Å². The molecule has 0 heterocycles. The van der Waals surface area contributed by atoms with Gasteiger partial charge in [0, 0.05) is 5.54 Å². The molecule has 1 aromatic rings. The second-order valence-corrected chi connectivity index (χ2v) is 7.34. The summed E-state index contributed by atoms with van der Waals surface area (Å²) in [5.74, 6) is -0.135. The Morgan fingerprint density at radius 2 is 1.74 bits per heavy atom. The minimum Gasteiger partial charge on any atom is -0.312 e. The number of rotatable bonds is 5. The molecule has 0 saturated carbocycles. The van der Waals surface area contributed by atoms with E-state index in [9.17, 15) is 4.39 Å². The number of halogens is 1. The Kier molecular flexibility index (Phi) is 5.14. The predicted octanol–water partition coefficient (Wildman–Crippen LogP) is 4.48. The lowest BCUT2D eigenvalue weighted by molar-refractivity contribution is 0.301. The summed E-state index contributed by atoms with van der Waals surface area (Å²) in [6.45, 7) is 14.1. The standard InChI is InChI=1S/C17H28FN/c1-13-7-8-15(18)11-14(13)12-17(5,6)9-10-19-16(2,3)4/h7-8,11,19H,9-10,12H2,1-6H3. The molecule has 1 rings (SSSR count). The van der Waals surface area contributed by atoms with Gasteiger partial charge in [-0.15, -0.1) is 0 Å². The van der Waals surface area contributed by atoms with Crippen molar-refractivity contribution in [2.24, 2.45) is 5.41 Å². The molecule has 0 atom stereocenters. The van der Waals surface area contributed by atoms with Gasteiger partial charge in [0.05, 0.1) is 0 Å². The van der Waals surface area contributed by atoms with Crippen LogP contribution in [0.25, 0.3) is 0 Å². The Bertz CT molecular complexity index is 416. The molecular formula is C17H28FN. The quantitative estimate of drug-likeness (QED) is 0.827. The van der Waals surface area contributed by atoms with Crippen LogP contribution in [0.4, 0.5) is 4.39 Å². The summed E-state index contributed by atoms with van der Waals surface area (Å²) in [7, 11) is 0. The van der Waals surface area contributed by atoms with Gasteiger partial charge in [0.2, 0.25) is 0 Å². The third-order valence-corrected chi connectivity index (χ3v) is 3.44. The lowest BCUT2D eigenvalue weighted by atomic mass is 9.81. The molecule has 0 saturated heterocycles. The van der Waals surface area contributed by atoms with E-state index in [0.29, 0.717) is 0 Å². The molecule has 0 fully saturated rings. The lowest BCUT2D eigenvalue weighted by Crippen LogP contribution is -2.38.